The maximum absolute atomic E-state index is 11.8. The van der Waals surface area contributed by atoms with Gasteiger partial charge in [0.05, 0.1) is 4.75 Å². The SMILES string of the molecule is CC(C)(C)S(=O)(=O)Nc1ccc(Br)cc1. The minimum atomic E-state index is -3.33. The van der Waals surface area contributed by atoms with Crippen molar-refractivity contribution in [1.82, 2.24) is 0 Å². The first kappa shape index (κ1) is 12.5. The van der Waals surface area contributed by atoms with Crippen LogP contribution in [-0.2, 0) is 10.0 Å². The van der Waals surface area contributed by atoms with Gasteiger partial charge in [0, 0.05) is 10.2 Å². The van der Waals surface area contributed by atoms with Crippen molar-refractivity contribution in [3.8, 4) is 0 Å². The number of benzene rings is 1. The largest absolute Gasteiger partial charge is 0.283 e. The van der Waals surface area contributed by atoms with E-state index < -0.39 is 14.8 Å². The Hall–Kier alpha value is -0.550. The number of nitrogens with one attached hydrogen (secondary N) is 1. The van der Waals surface area contributed by atoms with Crippen molar-refractivity contribution >= 4 is 31.6 Å². The van der Waals surface area contributed by atoms with E-state index in [1.165, 1.54) is 0 Å². The summed E-state index contributed by atoms with van der Waals surface area (Å²) in [5.74, 6) is 0. The minimum Gasteiger partial charge on any atom is -0.283 e. The molecule has 0 spiro atoms. The first-order chi connectivity index (χ1) is 6.72. The van der Waals surface area contributed by atoms with Gasteiger partial charge in [0.2, 0.25) is 10.0 Å². The number of hydrogen-bond acceptors (Lipinski definition) is 2. The van der Waals surface area contributed by atoms with Gasteiger partial charge in [-0.15, -0.1) is 0 Å². The Morgan fingerprint density at radius 2 is 1.60 bits per heavy atom. The fourth-order valence-corrected chi connectivity index (χ4v) is 1.84. The number of rotatable bonds is 2. The summed E-state index contributed by atoms with van der Waals surface area (Å²) in [6, 6.07) is 7.02. The lowest BCUT2D eigenvalue weighted by molar-refractivity contribution is 0.566. The summed E-state index contributed by atoms with van der Waals surface area (Å²) in [4.78, 5) is 0. The molecule has 0 amide bonds. The fourth-order valence-electron chi connectivity index (χ4n) is 0.826. The fraction of sp³-hybridized carbons (Fsp3) is 0.400. The first-order valence-electron chi connectivity index (χ1n) is 4.50. The van der Waals surface area contributed by atoms with Crippen LogP contribution in [0.3, 0.4) is 0 Å². The second-order valence-corrected chi connectivity index (χ2v) is 7.58. The number of sulfonamides is 1. The molecule has 15 heavy (non-hydrogen) atoms. The van der Waals surface area contributed by atoms with Crippen molar-refractivity contribution in [2.45, 2.75) is 25.5 Å². The summed E-state index contributed by atoms with van der Waals surface area (Å²) in [6.45, 7) is 4.98. The molecule has 0 bridgehead atoms. The second-order valence-electron chi connectivity index (χ2n) is 4.22. The molecule has 0 unspecified atom stereocenters. The summed E-state index contributed by atoms with van der Waals surface area (Å²) in [5.41, 5.74) is 0.577. The van der Waals surface area contributed by atoms with Gasteiger partial charge in [-0.05, 0) is 45.0 Å². The third-order valence-electron chi connectivity index (χ3n) is 1.90. The minimum absolute atomic E-state index is 0.577. The van der Waals surface area contributed by atoms with Crippen LogP contribution < -0.4 is 4.72 Å². The molecule has 1 rings (SSSR count). The molecular formula is C10H14BrNO2S. The molecule has 1 N–H and O–H groups in total. The molecule has 0 heterocycles. The zero-order chi connectivity index (χ0) is 11.7. The second kappa shape index (κ2) is 4.14. The van der Waals surface area contributed by atoms with Gasteiger partial charge in [0.25, 0.3) is 0 Å². The normalized spacial score (nSPS) is 12.5. The smallest absolute Gasteiger partial charge is 0.237 e. The topological polar surface area (TPSA) is 46.2 Å². The van der Waals surface area contributed by atoms with Gasteiger partial charge in [0.15, 0.2) is 0 Å². The Labute approximate surface area is 99.1 Å². The van der Waals surface area contributed by atoms with Gasteiger partial charge in [-0.25, -0.2) is 8.42 Å². The van der Waals surface area contributed by atoms with Crippen LogP contribution in [0.2, 0.25) is 0 Å². The summed E-state index contributed by atoms with van der Waals surface area (Å²) < 4.78 is 26.2. The molecule has 1 aromatic carbocycles. The van der Waals surface area contributed by atoms with Crippen molar-refractivity contribution in [2.24, 2.45) is 0 Å². The lowest BCUT2D eigenvalue weighted by atomic mass is 10.3. The molecule has 3 nitrogen and oxygen atoms in total. The Bertz CT molecular complexity index is 431. The van der Waals surface area contributed by atoms with Crippen LogP contribution in [0, 0.1) is 0 Å². The van der Waals surface area contributed by atoms with Crippen molar-refractivity contribution in [1.29, 1.82) is 0 Å². The van der Waals surface area contributed by atoms with Crippen LogP contribution in [-0.4, -0.2) is 13.2 Å². The third-order valence-corrected chi connectivity index (χ3v) is 4.55. The highest BCUT2D eigenvalue weighted by atomic mass is 79.9. The molecule has 5 heteroatoms. The van der Waals surface area contributed by atoms with Gasteiger partial charge in [-0.1, -0.05) is 15.9 Å². The van der Waals surface area contributed by atoms with E-state index in [0.717, 1.165) is 4.47 Å². The average Bonchev–Trinajstić information content (AvgIpc) is 2.06. The Morgan fingerprint density at radius 1 is 1.13 bits per heavy atom. The number of hydrogen-bond donors (Lipinski definition) is 1. The molecule has 0 aliphatic carbocycles. The van der Waals surface area contributed by atoms with Crippen molar-refractivity contribution in [3.63, 3.8) is 0 Å². The van der Waals surface area contributed by atoms with Gasteiger partial charge >= 0.3 is 0 Å². The Kier molecular flexibility index (Phi) is 3.45. The summed E-state index contributed by atoms with van der Waals surface area (Å²) in [7, 11) is -3.33. The third kappa shape index (κ3) is 3.21. The first-order valence-corrected chi connectivity index (χ1v) is 6.78. The molecular weight excluding hydrogens is 278 g/mol. The van der Waals surface area contributed by atoms with E-state index in [1.807, 2.05) is 0 Å². The molecule has 84 valence electrons. The highest BCUT2D eigenvalue weighted by Gasteiger charge is 2.28. The molecule has 0 atom stereocenters. The van der Waals surface area contributed by atoms with Gasteiger partial charge in [0.1, 0.15) is 0 Å². The zero-order valence-electron chi connectivity index (χ0n) is 8.91. The monoisotopic (exact) mass is 291 g/mol. The molecule has 1 aromatic rings. The molecule has 0 aliphatic heterocycles. The van der Waals surface area contributed by atoms with Gasteiger partial charge in [-0.2, -0.15) is 0 Å². The van der Waals surface area contributed by atoms with Crippen LogP contribution in [0.5, 0.6) is 0 Å². The lowest BCUT2D eigenvalue weighted by Crippen LogP contribution is -2.33. The van der Waals surface area contributed by atoms with Gasteiger partial charge in [-0.3, -0.25) is 4.72 Å². The predicted octanol–water partition coefficient (Wildman–Crippen LogP) is 2.99. The number of anilines is 1. The van der Waals surface area contributed by atoms with E-state index in [4.69, 9.17) is 0 Å². The van der Waals surface area contributed by atoms with Crippen LogP contribution in [0.15, 0.2) is 28.7 Å². The average molecular weight is 292 g/mol. The van der Waals surface area contributed by atoms with Crippen molar-refractivity contribution in [3.05, 3.63) is 28.7 Å². The van der Waals surface area contributed by atoms with E-state index in [2.05, 4.69) is 20.7 Å². The lowest BCUT2D eigenvalue weighted by Gasteiger charge is -2.20. The Morgan fingerprint density at radius 3 is 2.00 bits per heavy atom. The molecule has 0 fully saturated rings. The maximum Gasteiger partial charge on any atom is 0.237 e. The Balaban J connectivity index is 2.93. The van der Waals surface area contributed by atoms with Crippen LogP contribution >= 0.6 is 15.9 Å². The van der Waals surface area contributed by atoms with E-state index in [-0.39, 0.29) is 0 Å². The van der Waals surface area contributed by atoms with Crippen LogP contribution in [0.25, 0.3) is 0 Å². The standard InChI is InChI=1S/C10H14BrNO2S/c1-10(2,3)15(13,14)12-9-6-4-8(11)5-7-9/h4-7,12H,1-3H3. The van der Waals surface area contributed by atoms with E-state index in [0.29, 0.717) is 5.69 Å². The van der Waals surface area contributed by atoms with E-state index in [9.17, 15) is 8.42 Å². The quantitative estimate of drug-likeness (QED) is 0.910. The molecule has 0 aliphatic rings. The highest BCUT2D eigenvalue weighted by Crippen LogP contribution is 2.20. The highest BCUT2D eigenvalue weighted by molar-refractivity contribution is 9.10. The maximum atomic E-state index is 11.8. The molecule has 0 radical (unpaired) electrons. The van der Waals surface area contributed by atoms with Crippen LogP contribution in [0.4, 0.5) is 5.69 Å². The zero-order valence-corrected chi connectivity index (χ0v) is 11.3. The molecule has 0 saturated carbocycles. The van der Waals surface area contributed by atoms with Crippen molar-refractivity contribution in [2.75, 3.05) is 4.72 Å². The number of halogens is 1. The molecule has 0 saturated heterocycles. The van der Waals surface area contributed by atoms with Crippen LogP contribution in [0.1, 0.15) is 20.8 Å². The van der Waals surface area contributed by atoms with Gasteiger partial charge < -0.3 is 0 Å². The predicted molar refractivity (Wildman–Crippen MR) is 66.4 cm³/mol. The summed E-state index contributed by atoms with van der Waals surface area (Å²) in [6.07, 6.45) is 0. The van der Waals surface area contributed by atoms with E-state index in [1.54, 1.807) is 45.0 Å². The summed E-state index contributed by atoms with van der Waals surface area (Å²) >= 11 is 3.29. The molecule has 0 aromatic heterocycles. The van der Waals surface area contributed by atoms with E-state index >= 15 is 0 Å². The van der Waals surface area contributed by atoms with Crippen molar-refractivity contribution < 1.29 is 8.42 Å². The summed E-state index contributed by atoms with van der Waals surface area (Å²) in [5, 5.41) is 0.